The third kappa shape index (κ3) is 6.37. The van der Waals surface area contributed by atoms with Crippen LogP contribution < -0.4 is 14.8 Å². The summed E-state index contributed by atoms with van der Waals surface area (Å²) in [6, 6.07) is 25.5. The van der Waals surface area contributed by atoms with Gasteiger partial charge in [0.05, 0.1) is 7.11 Å². The molecule has 3 aromatic carbocycles. The average molecular weight is 390 g/mol. The zero-order valence-corrected chi connectivity index (χ0v) is 17.7. The molecule has 152 valence electrons. The second-order valence-corrected chi connectivity index (χ2v) is 7.51. The van der Waals surface area contributed by atoms with E-state index in [-0.39, 0.29) is 0 Å². The first kappa shape index (κ1) is 20.9. The SMILES string of the molecule is COc1cc(CNC(C)CCc2ccccc2)ccc1OCc1ccccc1C. The Morgan fingerprint density at radius 1 is 0.862 bits per heavy atom. The summed E-state index contributed by atoms with van der Waals surface area (Å²) in [4.78, 5) is 0. The van der Waals surface area contributed by atoms with E-state index in [1.807, 2.05) is 18.2 Å². The molecule has 0 fully saturated rings. The molecule has 3 aromatic rings. The first-order valence-electron chi connectivity index (χ1n) is 10.3. The Morgan fingerprint density at radius 3 is 2.38 bits per heavy atom. The van der Waals surface area contributed by atoms with Gasteiger partial charge < -0.3 is 14.8 Å². The van der Waals surface area contributed by atoms with Crippen molar-refractivity contribution >= 4 is 0 Å². The molecule has 0 spiro atoms. The molecule has 0 bridgehead atoms. The van der Waals surface area contributed by atoms with Gasteiger partial charge in [0.1, 0.15) is 6.61 Å². The Labute approximate surface area is 174 Å². The van der Waals surface area contributed by atoms with Crippen LogP contribution in [0.1, 0.15) is 35.6 Å². The van der Waals surface area contributed by atoms with Gasteiger partial charge in [0.15, 0.2) is 11.5 Å². The highest BCUT2D eigenvalue weighted by Gasteiger charge is 2.08. The fraction of sp³-hybridized carbons (Fsp3) is 0.308. The molecule has 1 atom stereocenters. The van der Waals surface area contributed by atoms with Crippen LogP contribution in [0.5, 0.6) is 11.5 Å². The maximum absolute atomic E-state index is 6.02. The van der Waals surface area contributed by atoms with E-state index in [1.54, 1.807) is 7.11 Å². The Kier molecular flexibility index (Phi) is 7.71. The average Bonchev–Trinajstić information content (AvgIpc) is 2.76. The van der Waals surface area contributed by atoms with Crippen LogP contribution in [0.2, 0.25) is 0 Å². The summed E-state index contributed by atoms with van der Waals surface area (Å²) in [6.07, 6.45) is 2.20. The number of methoxy groups -OCH3 is 1. The van der Waals surface area contributed by atoms with Crippen molar-refractivity contribution in [1.82, 2.24) is 5.32 Å². The minimum absolute atomic E-state index is 0.443. The Balaban J connectivity index is 1.52. The molecule has 0 heterocycles. The molecule has 0 aliphatic carbocycles. The van der Waals surface area contributed by atoms with Crippen molar-refractivity contribution in [2.45, 2.75) is 45.9 Å². The summed E-state index contributed by atoms with van der Waals surface area (Å²) in [5.74, 6) is 1.55. The van der Waals surface area contributed by atoms with Gasteiger partial charge >= 0.3 is 0 Å². The second-order valence-electron chi connectivity index (χ2n) is 7.51. The third-order valence-electron chi connectivity index (χ3n) is 5.24. The number of aryl methyl sites for hydroxylation is 2. The normalized spacial score (nSPS) is 11.8. The molecule has 0 aliphatic heterocycles. The molecule has 0 aromatic heterocycles. The van der Waals surface area contributed by atoms with Crippen molar-refractivity contribution in [3.05, 3.63) is 95.1 Å². The van der Waals surface area contributed by atoms with Crippen molar-refractivity contribution in [2.75, 3.05) is 7.11 Å². The van der Waals surface area contributed by atoms with E-state index in [0.29, 0.717) is 12.6 Å². The highest BCUT2D eigenvalue weighted by molar-refractivity contribution is 5.43. The highest BCUT2D eigenvalue weighted by Crippen LogP contribution is 2.29. The lowest BCUT2D eigenvalue weighted by Gasteiger charge is -2.16. The summed E-state index contributed by atoms with van der Waals surface area (Å²) in [6.45, 7) is 5.69. The van der Waals surface area contributed by atoms with Gasteiger partial charge in [0.25, 0.3) is 0 Å². The number of nitrogens with one attached hydrogen (secondary N) is 1. The zero-order chi connectivity index (χ0) is 20.5. The lowest BCUT2D eigenvalue weighted by atomic mass is 10.1. The molecule has 29 heavy (non-hydrogen) atoms. The number of benzene rings is 3. The van der Waals surface area contributed by atoms with Crippen LogP contribution in [0.25, 0.3) is 0 Å². The predicted octanol–water partition coefficient (Wildman–Crippen LogP) is 5.69. The van der Waals surface area contributed by atoms with Crippen LogP contribution in [0.4, 0.5) is 0 Å². The summed E-state index contributed by atoms with van der Waals surface area (Å²) in [7, 11) is 1.69. The fourth-order valence-corrected chi connectivity index (χ4v) is 3.29. The van der Waals surface area contributed by atoms with Crippen molar-refractivity contribution < 1.29 is 9.47 Å². The van der Waals surface area contributed by atoms with Gasteiger partial charge in [-0.25, -0.2) is 0 Å². The van der Waals surface area contributed by atoms with Gasteiger partial charge in [-0.15, -0.1) is 0 Å². The summed E-state index contributed by atoms with van der Waals surface area (Å²) < 4.78 is 11.6. The Bertz CT molecular complexity index is 892. The molecule has 0 saturated carbocycles. The van der Waals surface area contributed by atoms with Crippen LogP contribution in [0.3, 0.4) is 0 Å². The van der Waals surface area contributed by atoms with Gasteiger partial charge in [-0.2, -0.15) is 0 Å². The molecule has 1 N–H and O–H groups in total. The molecule has 0 amide bonds. The molecule has 3 rings (SSSR count). The van der Waals surface area contributed by atoms with Gasteiger partial charge in [-0.1, -0.05) is 60.7 Å². The molecule has 3 nitrogen and oxygen atoms in total. The number of hydrogen-bond acceptors (Lipinski definition) is 3. The largest absolute Gasteiger partial charge is 0.493 e. The quantitative estimate of drug-likeness (QED) is 0.483. The molecular formula is C26H31NO2. The van der Waals surface area contributed by atoms with E-state index < -0.39 is 0 Å². The van der Waals surface area contributed by atoms with Crippen molar-refractivity contribution in [3.8, 4) is 11.5 Å². The smallest absolute Gasteiger partial charge is 0.161 e. The van der Waals surface area contributed by atoms with Crippen molar-refractivity contribution in [2.24, 2.45) is 0 Å². The van der Waals surface area contributed by atoms with Gasteiger partial charge in [0.2, 0.25) is 0 Å². The van der Waals surface area contributed by atoms with Crippen LogP contribution in [-0.4, -0.2) is 13.2 Å². The molecule has 0 radical (unpaired) electrons. The van der Waals surface area contributed by atoms with Crippen molar-refractivity contribution in [1.29, 1.82) is 0 Å². The summed E-state index contributed by atoms with van der Waals surface area (Å²) in [5, 5.41) is 3.61. The lowest BCUT2D eigenvalue weighted by molar-refractivity contribution is 0.283. The van der Waals surface area contributed by atoms with Crippen molar-refractivity contribution in [3.63, 3.8) is 0 Å². The van der Waals surface area contributed by atoms with E-state index >= 15 is 0 Å². The topological polar surface area (TPSA) is 30.5 Å². The first-order chi connectivity index (χ1) is 14.2. The number of ether oxygens (including phenoxy) is 2. The molecular weight excluding hydrogens is 358 g/mol. The lowest BCUT2D eigenvalue weighted by Crippen LogP contribution is -2.26. The van der Waals surface area contributed by atoms with E-state index in [4.69, 9.17) is 9.47 Å². The number of rotatable bonds is 10. The number of hydrogen-bond donors (Lipinski definition) is 1. The van der Waals surface area contributed by atoms with Gasteiger partial charge in [0, 0.05) is 12.6 Å². The first-order valence-corrected chi connectivity index (χ1v) is 10.3. The molecule has 1 unspecified atom stereocenters. The monoisotopic (exact) mass is 389 g/mol. The minimum Gasteiger partial charge on any atom is -0.493 e. The second kappa shape index (κ2) is 10.7. The van der Waals surface area contributed by atoms with E-state index in [1.165, 1.54) is 22.3 Å². The van der Waals surface area contributed by atoms with E-state index in [9.17, 15) is 0 Å². The summed E-state index contributed by atoms with van der Waals surface area (Å²) >= 11 is 0. The predicted molar refractivity (Wildman–Crippen MR) is 120 cm³/mol. The van der Waals surface area contributed by atoms with Crippen LogP contribution >= 0.6 is 0 Å². The van der Waals surface area contributed by atoms with E-state index in [2.05, 4.69) is 73.8 Å². The maximum atomic E-state index is 6.02. The standard InChI is InChI=1S/C26H31NO2/c1-20-9-7-8-12-24(20)19-29-25-16-15-23(17-26(25)28-3)18-27-21(2)13-14-22-10-5-4-6-11-22/h4-12,15-17,21,27H,13-14,18-19H2,1-3H3. The van der Waals surface area contributed by atoms with Gasteiger partial charge in [-0.05, 0) is 61.1 Å². The van der Waals surface area contributed by atoms with Crippen LogP contribution in [0, 0.1) is 6.92 Å². The third-order valence-corrected chi connectivity index (χ3v) is 5.24. The zero-order valence-electron chi connectivity index (χ0n) is 17.7. The fourth-order valence-electron chi connectivity index (χ4n) is 3.29. The van der Waals surface area contributed by atoms with Gasteiger partial charge in [-0.3, -0.25) is 0 Å². The molecule has 3 heteroatoms. The van der Waals surface area contributed by atoms with Crippen LogP contribution in [0.15, 0.2) is 72.8 Å². The summed E-state index contributed by atoms with van der Waals surface area (Å²) in [5.41, 5.74) is 5.00. The van der Waals surface area contributed by atoms with E-state index in [0.717, 1.165) is 30.9 Å². The molecule has 0 saturated heterocycles. The Morgan fingerprint density at radius 2 is 1.62 bits per heavy atom. The van der Waals surface area contributed by atoms with Crippen LogP contribution in [-0.2, 0) is 19.6 Å². The highest BCUT2D eigenvalue weighted by atomic mass is 16.5. The minimum atomic E-state index is 0.443. The molecule has 0 aliphatic rings. The maximum Gasteiger partial charge on any atom is 0.161 e. The Hall–Kier alpha value is -2.78.